The topological polar surface area (TPSA) is 51.1 Å². The number of amides is 1. The Kier molecular flexibility index (Phi) is 5.22. The van der Waals surface area contributed by atoms with Gasteiger partial charge in [-0.1, -0.05) is 36.4 Å². The molecule has 158 valence electrons. The Labute approximate surface area is 186 Å². The average molecular weight is 431 g/mol. The van der Waals surface area contributed by atoms with Crippen molar-refractivity contribution in [2.75, 3.05) is 11.1 Å². The van der Waals surface area contributed by atoms with E-state index < -0.39 is 6.04 Å². The number of fused-ring (bicyclic) bond motifs is 1. The third-order valence-corrected chi connectivity index (χ3v) is 7.62. The summed E-state index contributed by atoms with van der Waals surface area (Å²) in [5, 5.41) is 3.98. The lowest BCUT2D eigenvalue weighted by molar-refractivity contribution is -0.118. The van der Waals surface area contributed by atoms with Crippen molar-refractivity contribution in [3.05, 3.63) is 92.8 Å². The summed E-state index contributed by atoms with van der Waals surface area (Å²) in [7, 11) is 0. The molecule has 3 aromatic rings. The van der Waals surface area contributed by atoms with Crippen molar-refractivity contribution in [2.45, 2.75) is 50.1 Å². The maximum Gasteiger partial charge on any atom is 0.252 e. The van der Waals surface area contributed by atoms with Crippen LogP contribution in [-0.4, -0.2) is 16.2 Å². The zero-order chi connectivity index (χ0) is 21.5. The first kappa shape index (κ1) is 20.1. The van der Waals surface area contributed by atoms with Gasteiger partial charge in [0.1, 0.15) is 6.04 Å². The number of thioether (sulfide) groups is 1. The molecule has 5 rings (SSSR count). The first-order chi connectivity index (χ1) is 15.0. The van der Waals surface area contributed by atoms with Crippen LogP contribution in [0.4, 0.5) is 5.69 Å². The number of rotatable bonds is 5. The molecule has 1 unspecified atom stereocenters. The summed E-state index contributed by atoms with van der Waals surface area (Å²) in [5.41, 5.74) is 6.94. The Morgan fingerprint density at radius 3 is 2.58 bits per heavy atom. The Bertz CT molecular complexity index is 1210. The maximum absolute atomic E-state index is 13.2. The minimum absolute atomic E-state index is 0.0714. The molecule has 1 aliphatic heterocycles. The van der Waals surface area contributed by atoms with Gasteiger partial charge in [-0.15, -0.1) is 11.8 Å². The van der Waals surface area contributed by atoms with Crippen molar-refractivity contribution in [2.24, 2.45) is 0 Å². The Balaban J connectivity index is 1.52. The molecule has 1 aliphatic carbocycles. The van der Waals surface area contributed by atoms with Crippen molar-refractivity contribution >= 4 is 23.4 Å². The molecule has 1 aromatic heterocycles. The predicted molar refractivity (Wildman–Crippen MR) is 126 cm³/mol. The lowest BCUT2D eigenvalue weighted by atomic mass is 9.94. The Morgan fingerprint density at radius 2 is 1.84 bits per heavy atom. The standard InChI is InChI=1S/C26H26N2O2S/c1-16-7-6-8-19(17(16)2)13-20-14-23(29)28-22(15-31-26(28)24(20)18-11-12-18)25(30)27-21-9-4-3-5-10-21/h3-10,14,18,22H,11-13,15H2,1-2H3,(H,27,30). The van der Waals surface area contributed by atoms with Crippen LogP contribution < -0.4 is 10.9 Å². The number of nitrogens with zero attached hydrogens (tertiary/aromatic N) is 1. The highest BCUT2D eigenvalue weighted by Gasteiger charge is 2.37. The molecule has 1 amide bonds. The van der Waals surface area contributed by atoms with Gasteiger partial charge in [-0.2, -0.15) is 0 Å². The SMILES string of the molecule is Cc1cccc(Cc2cc(=O)n3c(c2C2CC2)SCC3C(=O)Nc2ccccc2)c1C. The summed E-state index contributed by atoms with van der Waals surface area (Å²) in [6.45, 7) is 4.28. The van der Waals surface area contributed by atoms with Gasteiger partial charge in [0.25, 0.3) is 5.56 Å². The highest BCUT2D eigenvalue weighted by Crippen LogP contribution is 2.48. The fourth-order valence-corrected chi connectivity index (χ4v) is 5.87. The van der Waals surface area contributed by atoms with Crippen LogP contribution in [-0.2, 0) is 11.2 Å². The number of pyridine rings is 1. The molecule has 0 radical (unpaired) electrons. The van der Waals surface area contributed by atoms with E-state index in [9.17, 15) is 9.59 Å². The van der Waals surface area contributed by atoms with Crippen LogP contribution in [0.25, 0.3) is 0 Å². The molecule has 4 nitrogen and oxygen atoms in total. The molecule has 1 saturated carbocycles. The van der Waals surface area contributed by atoms with Crippen LogP contribution in [0.3, 0.4) is 0 Å². The van der Waals surface area contributed by atoms with E-state index in [1.54, 1.807) is 22.4 Å². The zero-order valence-corrected chi connectivity index (χ0v) is 18.7. The summed E-state index contributed by atoms with van der Waals surface area (Å²) in [6.07, 6.45) is 3.09. The third kappa shape index (κ3) is 3.83. The van der Waals surface area contributed by atoms with Gasteiger partial charge < -0.3 is 5.32 Å². The first-order valence-electron chi connectivity index (χ1n) is 10.8. The average Bonchev–Trinajstić information content (AvgIpc) is 3.49. The molecule has 0 spiro atoms. The molecule has 5 heteroatoms. The number of carbonyl (C=O) groups is 1. The van der Waals surface area contributed by atoms with Crippen LogP contribution in [0.1, 0.15) is 52.6 Å². The van der Waals surface area contributed by atoms with Gasteiger partial charge in [-0.3, -0.25) is 14.2 Å². The van der Waals surface area contributed by atoms with Gasteiger partial charge in [0.15, 0.2) is 0 Å². The van der Waals surface area contributed by atoms with Crippen LogP contribution >= 0.6 is 11.8 Å². The minimum Gasteiger partial charge on any atom is -0.324 e. The molecule has 0 saturated heterocycles. The van der Waals surface area contributed by atoms with Crippen LogP contribution in [0.2, 0.25) is 0 Å². The summed E-state index contributed by atoms with van der Waals surface area (Å²) < 4.78 is 1.74. The van der Waals surface area contributed by atoms with Gasteiger partial charge >= 0.3 is 0 Å². The number of aromatic nitrogens is 1. The number of aryl methyl sites for hydroxylation is 1. The number of anilines is 1. The number of hydrogen-bond acceptors (Lipinski definition) is 3. The number of benzene rings is 2. The molecule has 1 N–H and O–H groups in total. The second-order valence-corrected chi connectivity index (χ2v) is 9.60. The highest BCUT2D eigenvalue weighted by atomic mass is 32.2. The predicted octanol–water partition coefficient (Wildman–Crippen LogP) is 5.22. The molecule has 2 aliphatic rings. The fourth-order valence-electron chi connectivity index (χ4n) is 4.44. The number of para-hydroxylation sites is 1. The van der Waals surface area contributed by atoms with Crippen LogP contribution in [0.5, 0.6) is 0 Å². The van der Waals surface area contributed by atoms with Gasteiger partial charge in [0.05, 0.1) is 5.03 Å². The number of hydrogen-bond donors (Lipinski definition) is 1. The van der Waals surface area contributed by atoms with Crippen LogP contribution in [0.15, 0.2) is 64.4 Å². The summed E-state index contributed by atoms with van der Waals surface area (Å²) in [4.78, 5) is 26.2. The van der Waals surface area contributed by atoms with E-state index in [1.807, 2.05) is 30.3 Å². The summed E-state index contributed by atoms with van der Waals surface area (Å²) >= 11 is 1.66. The molecule has 2 heterocycles. The molecule has 2 aromatic carbocycles. The Morgan fingerprint density at radius 1 is 1.06 bits per heavy atom. The fraction of sp³-hybridized carbons (Fsp3) is 0.308. The molecule has 31 heavy (non-hydrogen) atoms. The molecule has 1 atom stereocenters. The van der Waals surface area contributed by atoms with Crippen molar-refractivity contribution in [1.82, 2.24) is 4.57 Å². The maximum atomic E-state index is 13.2. The number of nitrogens with one attached hydrogen (secondary N) is 1. The van der Waals surface area contributed by atoms with Gasteiger partial charge in [0.2, 0.25) is 5.91 Å². The minimum atomic E-state index is -0.472. The van der Waals surface area contributed by atoms with E-state index in [4.69, 9.17) is 0 Å². The normalized spacial score (nSPS) is 17.4. The second-order valence-electron chi connectivity index (χ2n) is 8.59. The zero-order valence-electron chi connectivity index (χ0n) is 17.9. The van der Waals surface area contributed by atoms with E-state index in [0.29, 0.717) is 11.7 Å². The monoisotopic (exact) mass is 430 g/mol. The highest BCUT2D eigenvalue weighted by molar-refractivity contribution is 7.99. The lowest BCUT2D eigenvalue weighted by Gasteiger charge is -2.18. The van der Waals surface area contributed by atoms with Crippen molar-refractivity contribution in [3.8, 4) is 0 Å². The van der Waals surface area contributed by atoms with Crippen molar-refractivity contribution in [3.63, 3.8) is 0 Å². The number of carbonyl (C=O) groups excluding carboxylic acids is 1. The van der Waals surface area contributed by atoms with E-state index in [2.05, 4.69) is 37.4 Å². The van der Waals surface area contributed by atoms with Gasteiger partial charge in [-0.05, 0) is 79.0 Å². The van der Waals surface area contributed by atoms with E-state index in [1.165, 1.54) is 22.3 Å². The van der Waals surface area contributed by atoms with E-state index >= 15 is 0 Å². The molecule has 0 bridgehead atoms. The quantitative estimate of drug-likeness (QED) is 0.604. The van der Waals surface area contributed by atoms with E-state index in [0.717, 1.165) is 35.5 Å². The largest absolute Gasteiger partial charge is 0.324 e. The molecular formula is C26H26N2O2S. The van der Waals surface area contributed by atoms with Gasteiger partial charge in [0, 0.05) is 17.5 Å². The Hall–Kier alpha value is -2.79. The molecule has 1 fully saturated rings. The smallest absolute Gasteiger partial charge is 0.252 e. The first-order valence-corrected chi connectivity index (χ1v) is 11.8. The van der Waals surface area contributed by atoms with Gasteiger partial charge in [-0.25, -0.2) is 0 Å². The van der Waals surface area contributed by atoms with Crippen LogP contribution in [0, 0.1) is 13.8 Å². The van der Waals surface area contributed by atoms with E-state index in [-0.39, 0.29) is 11.5 Å². The lowest BCUT2D eigenvalue weighted by Crippen LogP contribution is -2.33. The van der Waals surface area contributed by atoms with Crippen molar-refractivity contribution < 1.29 is 4.79 Å². The third-order valence-electron chi connectivity index (χ3n) is 6.45. The molecular weight excluding hydrogens is 404 g/mol. The second kappa shape index (κ2) is 8.04. The summed E-state index contributed by atoms with van der Waals surface area (Å²) in [6, 6.07) is 17.1. The van der Waals surface area contributed by atoms with Crippen molar-refractivity contribution in [1.29, 1.82) is 0 Å². The summed E-state index contributed by atoms with van der Waals surface area (Å²) in [5.74, 6) is 0.981.